The first-order valence-corrected chi connectivity index (χ1v) is 9.80. The maximum Gasteiger partial charge on any atom is 0.485 e. The number of rotatable bonds is 2. The van der Waals surface area contributed by atoms with Crippen LogP contribution in [-0.2, 0) is 29.6 Å². The smallest absolute Gasteiger partial charge is 0.485 e. The molecular formula is C16H28F3N2O3RhS-. The van der Waals surface area contributed by atoms with Crippen molar-refractivity contribution in [3.63, 3.8) is 0 Å². The fourth-order valence-corrected chi connectivity index (χ4v) is 2.43. The molecule has 0 spiro atoms. The molecule has 1 heterocycles. The monoisotopic (exact) mass is 488 g/mol. The van der Waals surface area contributed by atoms with Gasteiger partial charge in [0.2, 0.25) is 0 Å². The number of nitrogens with two attached hydrogens (primary N) is 1. The molecule has 0 unspecified atom stereocenters. The molecule has 1 fully saturated rings. The maximum atomic E-state index is 10.7. The summed E-state index contributed by atoms with van der Waals surface area (Å²) in [5.74, 6) is 0. The van der Waals surface area contributed by atoms with Crippen LogP contribution in [0.1, 0.15) is 45.4 Å². The van der Waals surface area contributed by atoms with Crippen molar-refractivity contribution < 1.29 is 45.6 Å². The van der Waals surface area contributed by atoms with Crippen molar-refractivity contribution in [2.75, 3.05) is 19.6 Å². The molecule has 2 aliphatic rings. The minimum absolute atomic E-state index is 0. The van der Waals surface area contributed by atoms with E-state index in [1.54, 1.807) is 0 Å². The summed E-state index contributed by atoms with van der Waals surface area (Å²) in [7, 11) is -6.09. The molecule has 0 aromatic rings. The van der Waals surface area contributed by atoms with Crippen LogP contribution in [0.4, 0.5) is 13.2 Å². The molecule has 5 nitrogen and oxygen atoms in total. The van der Waals surface area contributed by atoms with Gasteiger partial charge in [-0.2, -0.15) is 13.2 Å². The van der Waals surface area contributed by atoms with E-state index in [4.69, 9.17) is 18.7 Å². The third-order valence-corrected chi connectivity index (χ3v) is 4.36. The van der Waals surface area contributed by atoms with Crippen LogP contribution in [0.3, 0.4) is 0 Å². The number of halogens is 3. The van der Waals surface area contributed by atoms with Crippen LogP contribution in [-0.4, -0.2) is 49.1 Å². The maximum absolute atomic E-state index is 10.7. The first-order valence-electron chi connectivity index (χ1n) is 8.39. The van der Waals surface area contributed by atoms with Crippen molar-refractivity contribution in [1.29, 1.82) is 0 Å². The minimum Gasteiger partial charge on any atom is -0.741 e. The Bertz CT molecular complexity index is 475. The molecule has 0 aromatic heterocycles. The molecule has 26 heavy (non-hydrogen) atoms. The van der Waals surface area contributed by atoms with E-state index in [0.29, 0.717) is 6.04 Å². The Morgan fingerprint density at radius 2 is 1.50 bits per heavy atom. The van der Waals surface area contributed by atoms with Crippen molar-refractivity contribution in [2.24, 2.45) is 5.73 Å². The van der Waals surface area contributed by atoms with E-state index >= 15 is 0 Å². The first kappa shape index (κ1) is 27.9. The van der Waals surface area contributed by atoms with Gasteiger partial charge < -0.3 is 10.3 Å². The average Bonchev–Trinajstić information content (AvgIpc) is 2.93. The molecule has 1 aliphatic carbocycles. The van der Waals surface area contributed by atoms with Gasteiger partial charge >= 0.3 is 5.51 Å². The Morgan fingerprint density at radius 3 is 1.73 bits per heavy atom. The van der Waals surface area contributed by atoms with Crippen LogP contribution in [0.15, 0.2) is 24.3 Å². The minimum atomic E-state index is -6.09. The zero-order valence-corrected chi connectivity index (χ0v) is 17.3. The molecule has 1 aliphatic heterocycles. The Labute approximate surface area is 167 Å². The normalized spacial score (nSPS) is 23.1. The third kappa shape index (κ3) is 13.0. The van der Waals surface area contributed by atoms with Crippen LogP contribution in [0.2, 0.25) is 0 Å². The van der Waals surface area contributed by atoms with Gasteiger partial charge in [-0.3, -0.25) is 4.90 Å². The molecule has 0 aromatic carbocycles. The van der Waals surface area contributed by atoms with E-state index in [1.165, 1.54) is 51.6 Å². The second-order valence-corrected chi connectivity index (χ2v) is 7.03. The fourth-order valence-electron chi connectivity index (χ4n) is 2.43. The second-order valence-electron chi connectivity index (χ2n) is 5.66. The van der Waals surface area contributed by atoms with Gasteiger partial charge in [-0.05, 0) is 51.6 Å². The largest absolute Gasteiger partial charge is 0.741 e. The van der Waals surface area contributed by atoms with Crippen molar-refractivity contribution >= 4 is 10.1 Å². The summed E-state index contributed by atoms with van der Waals surface area (Å²) in [6, 6.07) is 0.690. The summed E-state index contributed by atoms with van der Waals surface area (Å²) in [4.78, 5) is 2.46. The van der Waals surface area contributed by atoms with Gasteiger partial charge in [-0.15, -0.1) is 0 Å². The number of likely N-dealkylation sites (N-methyl/N-ethyl adjacent to an activating group) is 1. The number of hydrogen-bond acceptors (Lipinski definition) is 5. The zero-order chi connectivity index (χ0) is 19.3. The fraction of sp³-hybridized carbons (Fsp3) is 0.750. The molecular weight excluding hydrogens is 460 g/mol. The van der Waals surface area contributed by atoms with Gasteiger partial charge in [0.25, 0.3) is 0 Å². The summed E-state index contributed by atoms with van der Waals surface area (Å²) in [6.07, 6.45) is 16.7. The molecule has 10 heteroatoms. The zero-order valence-electron chi connectivity index (χ0n) is 14.9. The predicted octanol–water partition coefficient (Wildman–Crippen LogP) is 3.15. The standard InChI is InChI=1S/C8H12.C7H16N2.CHF3O3S.Rh/c1-2-4-6-8-7-5-3-1;1-2-9-5-3-4-7(9)6-8;2-1(3,4)8(5,6)7;/h1-2,7-8H,3-6H2;7H,2-6,8H2,1H3;(H,5,6,7);/p-1/b2-1-,8-7-;;;/t;7-;;/m.0../s1. The van der Waals surface area contributed by atoms with Crippen LogP contribution in [0.25, 0.3) is 0 Å². The van der Waals surface area contributed by atoms with Crippen molar-refractivity contribution in [3.05, 3.63) is 24.3 Å². The van der Waals surface area contributed by atoms with Gasteiger partial charge in [0.1, 0.15) is 0 Å². The van der Waals surface area contributed by atoms with E-state index in [9.17, 15) is 13.2 Å². The molecule has 1 atom stereocenters. The van der Waals surface area contributed by atoms with Gasteiger partial charge in [0, 0.05) is 32.1 Å². The first-order chi connectivity index (χ1) is 11.6. The Hall–Kier alpha value is -0.277. The molecule has 2 rings (SSSR count). The summed E-state index contributed by atoms with van der Waals surface area (Å²) < 4.78 is 58.9. The predicted molar refractivity (Wildman–Crippen MR) is 91.8 cm³/mol. The Kier molecular flexibility index (Phi) is 15.8. The average molecular weight is 488 g/mol. The van der Waals surface area contributed by atoms with Gasteiger partial charge in [-0.1, -0.05) is 31.2 Å². The van der Waals surface area contributed by atoms with Gasteiger partial charge in [0.15, 0.2) is 10.1 Å². The molecule has 0 amide bonds. The van der Waals surface area contributed by atoms with Crippen LogP contribution < -0.4 is 5.73 Å². The number of alkyl halides is 3. The van der Waals surface area contributed by atoms with E-state index in [-0.39, 0.29) is 19.5 Å². The van der Waals surface area contributed by atoms with Crippen molar-refractivity contribution in [2.45, 2.75) is 57.0 Å². The molecule has 157 valence electrons. The van der Waals surface area contributed by atoms with Crippen molar-refractivity contribution in [1.82, 2.24) is 4.90 Å². The number of allylic oxidation sites excluding steroid dienone is 4. The Morgan fingerprint density at radius 1 is 1.12 bits per heavy atom. The van der Waals surface area contributed by atoms with Crippen LogP contribution in [0, 0.1) is 0 Å². The van der Waals surface area contributed by atoms with Gasteiger partial charge in [0.05, 0.1) is 0 Å². The van der Waals surface area contributed by atoms with Crippen molar-refractivity contribution in [3.8, 4) is 0 Å². The van der Waals surface area contributed by atoms with E-state index < -0.39 is 15.6 Å². The SMILES string of the molecule is C1=C\CC/C=C\CC/1.CCN1CCC[C@H]1CN.O=S(=O)([O-])C(F)(F)F.[Rh]. The number of hydrogen-bond donors (Lipinski definition) is 1. The Balaban J connectivity index is 0. The molecule has 2 N–H and O–H groups in total. The van der Waals surface area contributed by atoms with E-state index in [2.05, 4.69) is 36.1 Å². The second kappa shape index (κ2) is 14.7. The number of likely N-dealkylation sites (tertiary alicyclic amines) is 1. The molecule has 1 saturated heterocycles. The molecule has 0 saturated carbocycles. The molecule has 1 radical (unpaired) electrons. The van der Waals surface area contributed by atoms with Crippen LogP contribution in [0.5, 0.6) is 0 Å². The summed E-state index contributed by atoms with van der Waals surface area (Å²) in [6.45, 7) is 5.47. The van der Waals surface area contributed by atoms with Crippen LogP contribution >= 0.6 is 0 Å². The van der Waals surface area contributed by atoms with E-state index in [0.717, 1.165) is 6.54 Å². The topological polar surface area (TPSA) is 86.5 Å². The third-order valence-electron chi connectivity index (χ3n) is 3.79. The number of nitrogens with zero attached hydrogens (tertiary/aromatic N) is 1. The molecule has 0 bridgehead atoms. The summed E-state index contributed by atoms with van der Waals surface area (Å²) in [5, 5.41) is 0. The van der Waals surface area contributed by atoms with E-state index in [1.807, 2.05) is 0 Å². The quantitative estimate of drug-likeness (QED) is 0.279. The summed E-state index contributed by atoms with van der Waals surface area (Å²) in [5.41, 5.74) is -0.0877. The summed E-state index contributed by atoms with van der Waals surface area (Å²) >= 11 is 0. The van der Waals surface area contributed by atoms with Gasteiger partial charge in [-0.25, -0.2) is 8.42 Å².